The fourth-order valence-corrected chi connectivity index (χ4v) is 4.28. The fraction of sp³-hybridized carbons (Fsp3) is 0.300. The Morgan fingerprint density at radius 3 is 2.26 bits per heavy atom. The molecule has 1 aromatic heterocycles. The van der Waals surface area contributed by atoms with Gasteiger partial charge in [0.1, 0.15) is 9.79 Å². The van der Waals surface area contributed by atoms with Gasteiger partial charge in [-0.1, -0.05) is 13.0 Å². The first-order valence-electron chi connectivity index (χ1n) is 6.23. The van der Waals surface area contributed by atoms with Crippen molar-refractivity contribution in [2.75, 3.05) is 6.54 Å². The van der Waals surface area contributed by atoms with Crippen LogP contribution in [0.25, 0.3) is 11.4 Å². The van der Waals surface area contributed by atoms with Gasteiger partial charge in [-0.2, -0.15) is 5.21 Å². The summed E-state index contributed by atoms with van der Waals surface area (Å²) >= 11 is 0. The summed E-state index contributed by atoms with van der Waals surface area (Å²) in [5, 5.41) is 23.3. The minimum absolute atomic E-state index is 0.0919. The first kappa shape index (κ1) is 17.4. The number of hydrogen-bond donors (Lipinski definition) is 4. The molecule has 0 radical (unpaired) electrons. The molecule has 0 aliphatic heterocycles. The van der Waals surface area contributed by atoms with Crippen LogP contribution in [0.4, 0.5) is 0 Å². The van der Waals surface area contributed by atoms with Crippen molar-refractivity contribution < 1.29 is 16.8 Å². The van der Waals surface area contributed by atoms with Crippen molar-refractivity contribution in [2.24, 2.45) is 16.0 Å². The molecule has 0 saturated heterocycles. The van der Waals surface area contributed by atoms with E-state index in [9.17, 15) is 16.8 Å². The number of aromatic amines is 1. The predicted molar refractivity (Wildman–Crippen MR) is 79.8 cm³/mol. The molecule has 0 bridgehead atoms. The Morgan fingerprint density at radius 1 is 1.17 bits per heavy atom. The maximum Gasteiger partial charge on any atom is 0.240 e. The van der Waals surface area contributed by atoms with Crippen LogP contribution in [-0.4, -0.2) is 44.0 Å². The van der Waals surface area contributed by atoms with Crippen molar-refractivity contribution >= 4 is 20.0 Å². The first-order chi connectivity index (χ1) is 10.6. The largest absolute Gasteiger partial charge is 0.330 e. The number of H-pyrrole nitrogens is 1. The molecule has 2 rings (SSSR count). The number of rotatable bonds is 5. The number of benzene rings is 1. The van der Waals surface area contributed by atoms with Gasteiger partial charge in [0, 0.05) is 5.56 Å². The van der Waals surface area contributed by atoms with E-state index in [0.29, 0.717) is 5.56 Å². The van der Waals surface area contributed by atoms with E-state index < -0.39 is 29.8 Å². The molecule has 7 N–H and O–H groups in total. The summed E-state index contributed by atoms with van der Waals surface area (Å²) in [6.45, 7) is 1.89. The monoisotopic (exact) mass is 361 g/mol. The number of tetrazole rings is 1. The smallest absolute Gasteiger partial charge is 0.240 e. The molecule has 1 atom stereocenters. The Balaban J connectivity index is 3.03. The first-order valence-corrected chi connectivity index (χ1v) is 9.33. The van der Waals surface area contributed by atoms with E-state index in [4.69, 9.17) is 16.0 Å². The highest BCUT2D eigenvalue weighted by atomic mass is 32.2. The van der Waals surface area contributed by atoms with Crippen LogP contribution in [0.1, 0.15) is 18.4 Å². The van der Waals surface area contributed by atoms with Crippen molar-refractivity contribution in [1.29, 1.82) is 0 Å². The van der Waals surface area contributed by atoms with Gasteiger partial charge in [-0.25, -0.2) is 27.1 Å². The van der Waals surface area contributed by atoms with Gasteiger partial charge >= 0.3 is 0 Å². The van der Waals surface area contributed by atoms with E-state index in [1.807, 2.05) is 0 Å². The lowest BCUT2D eigenvalue weighted by molar-refractivity contribution is 0.584. The number of aromatic nitrogens is 4. The van der Waals surface area contributed by atoms with Crippen molar-refractivity contribution in [3.63, 3.8) is 0 Å². The number of primary sulfonamides is 2. The molecular weight excluding hydrogens is 346 g/mol. The third-order valence-electron chi connectivity index (χ3n) is 3.20. The van der Waals surface area contributed by atoms with Crippen LogP contribution in [0.5, 0.6) is 0 Å². The minimum atomic E-state index is -4.46. The second-order valence-electron chi connectivity index (χ2n) is 4.82. The van der Waals surface area contributed by atoms with Crippen LogP contribution in [-0.2, 0) is 20.0 Å². The molecule has 0 aliphatic rings. The van der Waals surface area contributed by atoms with Gasteiger partial charge in [-0.05, 0) is 29.3 Å². The van der Waals surface area contributed by atoms with Crippen molar-refractivity contribution in [3.05, 3.63) is 17.7 Å². The van der Waals surface area contributed by atoms with Gasteiger partial charge < -0.3 is 5.73 Å². The molecule has 23 heavy (non-hydrogen) atoms. The molecular formula is C10H15N7O4S2. The van der Waals surface area contributed by atoms with Gasteiger partial charge in [0.15, 0.2) is 0 Å². The topological polar surface area (TPSA) is 201 Å². The summed E-state index contributed by atoms with van der Waals surface area (Å²) < 4.78 is 47.5. The lowest BCUT2D eigenvalue weighted by Crippen LogP contribution is -2.23. The zero-order valence-corrected chi connectivity index (χ0v) is 13.6. The summed E-state index contributed by atoms with van der Waals surface area (Å²) in [6.07, 6.45) is 0. The summed E-state index contributed by atoms with van der Waals surface area (Å²) in [5.41, 5.74) is 5.94. The quantitative estimate of drug-likeness (QED) is 0.478. The van der Waals surface area contributed by atoms with Crippen molar-refractivity contribution in [2.45, 2.75) is 22.6 Å². The highest BCUT2D eigenvalue weighted by molar-refractivity contribution is 7.92. The fourth-order valence-electron chi connectivity index (χ4n) is 2.12. The zero-order chi connectivity index (χ0) is 17.4. The number of nitrogens with zero attached hydrogens (tertiary/aromatic N) is 3. The second-order valence-corrected chi connectivity index (χ2v) is 7.85. The van der Waals surface area contributed by atoms with Crippen LogP contribution in [0.3, 0.4) is 0 Å². The molecule has 2 aromatic rings. The molecule has 1 aromatic carbocycles. The Bertz CT molecular complexity index is 922. The average Bonchev–Trinajstić information content (AvgIpc) is 2.96. The molecule has 13 heteroatoms. The van der Waals surface area contributed by atoms with Crippen LogP contribution in [0.2, 0.25) is 0 Å². The Morgan fingerprint density at radius 2 is 1.83 bits per heavy atom. The summed E-state index contributed by atoms with van der Waals surface area (Å²) in [4.78, 5) is -1.33. The number of sulfonamides is 2. The maximum atomic E-state index is 12.0. The van der Waals surface area contributed by atoms with E-state index >= 15 is 0 Å². The predicted octanol–water partition coefficient (Wildman–Crippen LogP) is -1.78. The van der Waals surface area contributed by atoms with E-state index in [1.54, 1.807) is 6.92 Å². The van der Waals surface area contributed by atoms with Crippen LogP contribution < -0.4 is 16.0 Å². The molecule has 0 saturated carbocycles. The zero-order valence-electron chi connectivity index (χ0n) is 12.0. The van der Waals surface area contributed by atoms with Crippen LogP contribution in [0.15, 0.2) is 21.9 Å². The molecule has 11 nitrogen and oxygen atoms in total. The van der Waals surface area contributed by atoms with Gasteiger partial charge in [0.05, 0.1) is 0 Å². The number of hydrogen-bond acceptors (Lipinski definition) is 8. The molecule has 0 aliphatic carbocycles. The highest BCUT2D eigenvalue weighted by Crippen LogP contribution is 2.35. The molecule has 0 spiro atoms. The number of nitrogens with one attached hydrogen (secondary N) is 1. The highest BCUT2D eigenvalue weighted by Gasteiger charge is 2.31. The Hall–Kier alpha value is -1.93. The van der Waals surface area contributed by atoms with Crippen LogP contribution in [0, 0.1) is 0 Å². The third-order valence-corrected chi connectivity index (χ3v) is 5.27. The van der Waals surface area contributed by atoms with E-state index in [1.165, 1.54) is 6.07 Å². The third kappa shape index (κ3) is 3.37. The van der Waals surface area contributed by atoms with E-state index in [2.05, 4.69) is 20.6 Å². The summed E-state index contributed by atoms with van der Waals surface area (Å²) in [5.74, 6) is -0.451. The maximum absolute atomic E-state index is 12.0. The minimum Gasteiger partial charge on any atom is -0.330 e. The average molecular weight is 361 g/mol. The lowest BCUT2D eigenvalue weighted by atomic mass is 9.95. The molecule has 1 heterocycles. The van der Waals surface area contributed by atoms with Gasteiger partial charge in [0.25, 0.3) is 0 Å². The van der Waals surface area contributed by atoms with Crippen LogP contribution >= 0.6 is 0 Å². The standard InChI is InChI=1S/C10H15N7O4S2/c1-5(4-11)6-2-3-7(22(12,18)19)9(23(13,20)21)8(6)10-14-16-17-15-10/h2-3,5H,4,11H2,1H3,(H2,12,18,19)(H2,13,20,21)(H,14,15,16,17)/t5-/m1/s1. The Kier molecular flexibility index (Phi) is 4.50. The van der Waals surface area contributed by atoms with E-state index in [0.717, 1.165) is 6.07 Å². The van der Waals surface area contributed by atoms with Crippen molar-refractivity contribution in [3.8, 4) is 11.4 Å². The Labute approximate surface area is 132 Å². The van der Waals surface area contributed by atoms with E-state index in [-0.39, 0.29) is 23.9 Å². The lowest BCUT2D eigenvalue weighted by Gasteiger charge is -2.17. The molecule has 0 fully saturated rings. The molecule has 126 valence electrons. The van der Waals surface area contributed by atoms with Gasteiger partial charge in [0.2, 0.25) is 25.9 Å². The van der Waals surface area contributed by atoms with Gasteiger partial charge in [-0.15, -0.1) is 10.2 Å². The molecule has 0 unspecified atom stereocenters. The second kappa shape index (κ2) is 5.93. The number of nitrogens with two attached hydrogens (primary N) is 3. The molecule has 0 amide bonds. The normalized spacial score (nSPS) is 13.9. The summed E-state index contributed by atoms with van der Waals surface area (Å²) in [6, 6.07) is 2.47. The van der Waals surface area contributed by atoms with Gasteiger partial charge in [-0.3, -0.25) is 0 Å². The SMILES string of the molecule is C[C@H](CN)c1ccc(S(N)(=O)=O)c(S(N)(=O)=O)c1-c1nn[nH]n1. The van der Waals surface area contributed by atoms with Crippen molar-refractivity contribution in [1.82, 2.24) is 20.6 Å². The summed E-state index contributed by atoms with van der Waals surface area (Å²) in [7, 11) is -8.82.